The zero-order valence-electron chi connectivity index (χ0n) is 14.0. The van der Waals surface area contributed by atoms with Gasteiger partial charge in [0, 0.05) is 5.41 Å². The van der Waals surface area contributed by atoms with Crippen LogP contribution < -0.4 is 0 Å². The Labute approximate surface area is 134 Å². The van der Waals surface area contributed by atoms with Crippen LogP contribution in [0, 0.1) is 34.5 Å². The van der Waals surface area contributed by atoms with Crippen molar-refractivity contribution >= 4 is 6.29 Å². The summed E-state index contributed by atoms with van der Waals surface area (Å²) in [6.45, 7) is 9.32. The lowest BCUT2D eigenvalue weighted by Gasteiger charge is -2.56. The van der Waals surface area contributed by atoms with Crippen LogP contribution in [0.15, 0.2) is 36.0 Å². The van der Waals surface area contributed by atoms with Crippen LogP contribution >= 0.6 is 0 Å². The maximum absolute atomic E-state index is 11.1. The Morgan fingerprint density at radius 1 is 1.18 bits per heavy atom. The molecule has 1 heteroatoms. The summed E-state index contributed by atoms with van der Waals surface area (Å²) in [5, 5.41) is 0. The molecule has 1 nitrogen and oxygen atoms in total. The molecule has 0 N–H and O–H groups in total. The molecule has 0 aliphatic heterocycles. The van der Waals surface area contributed by atoms with E-state index in [-0.39, 0.29) is 11.3 Å². The molecule has 0 saturated heterocycles. The Kier molecular flexibility index (Phi) is 3.09. The van der Waals surface area contributed by atoms with Gasteiger partial charge in [-0.2, -0.15) is 0 Å². The summed E-state index contributed by atoms with van der Waals surface area (Å²) < 4.78 is 0. The first-order valence-corrected chi connectivity index (χ1v) is 9.03. The van der Waals surface area contributed by atoms with Crippen molar-refractivity contribution in [2.24, 2.45) is 34.5 Å². The molecule has 0 amide bonds. The van der Waals surface area contributed by atoms with Crippen LogP contribution in [-0.2, 0) is 4.79 Å². The minimum atomic E-state index is 0.0136. The molecule has 4 rings (SSSR count). The maximum Gasteiger partial charge on any atom is 0.130 e. The van der Waals surface area contributed by atoms with Gasteiger partial charge in [-0.3, -0.25) is 0 Å². The first-order chi connectivity index (χ1) is 10.5. The Hall–Kier alpha value is -1.11. The van der Waals surface area contributed by atoms with E-state index >= 15 is 0 Å². The monoisotopic (exact) mass is 296 g/mol. The van der Waals surface area contributed by atoms with Crippen molar-refractivity contribution in [3.8, 4) is 0 Å². The first kappa shape index (κ1) is 14.5. The number of fused-ring (bicyclic) bond motifs is 5. The van der Waals surface area contributed by atoms with Crippen molar-refractivity contribution in [1.82, 2.24) is 0 Å². The summed E-state index contributed by atoms with van der Waals surface area (Å²) in [6.07, 6.45) is 15.6. The lowest BCUT2D eigenvalue weighted by molar-refractivity contribution is -0.109. The van der Waals surface area contributed by atoms with Gasteiger partial charge in [0.2, 0.25) is 0 Å². The van der Waals surface area contributed by atoms with Gasteiger partial charge in [0.25, 0.3) is 0 Å². The predicted octanol–water partition coefficient (Wildman–Crippen LogP) is 5.10. The molecule has 3 fully saturated rings. The SMILES string of the molecule is C=C1CC[C@H]2[C@@H]3CCC4=CC(C=O)C=C[C@]4(C)[C@H]3CC[C@]12C. The van der Waals surface area contributed by atoms with Crippen LogP contribution in [0.1, 0.15) is 52.4 Å². The molecule has 0 bridgehead atoms. The number of carbonyl (C=O) groups excluding carboxylic acids is 1. The zero-order chi connectivity index (χ0) is 15.5. The van der Waals surface area contributed by atoms with Gasteiger partial charge < -0.3 is 4.79 Å². The van der Waals surface area contributed by atoms with E-state index in [0.29, 0.717) is 5.41 Å². The molecule has 0 aromatic rings. The summed E-state index contributed by atoms with van der Waals surface area (Å²) >= 11 is 0. The zero-order valence-corrected chi connectivity index (χ0v) is 14.0. The van der Waals surface area contributed by atoms with Crippen molar-refractivity contribution in [2.45, 2.75) is 52.4 Å². The Bertz CT molecular complexity index is 583. The highest BCUT2D eigenvalue weighted by molar-refractivity contribution is 5.61. The Morgan fingerprint density at radius 2 is 2.00 bits per heavy atom. The van der Waals surface area contributed by atoms with Crippen molar-refractivity contribution in [1.29, 1.82) is 0 Å². The smallest absolute Gasteiger partial charge is 0.130 e. The van der Waals surface area contributed by atoms with Gasteiger partial charge in [0.1, 0.15) is 6.29 Å². The second kappa shape index (κ2) is 4.69. The standard InChI is InChI=1S/C21H28O/c1-14-4-7-18-17-6-5-16-12-15(13-22)8-10-21(16,3)19(17)9-11-20(14,18)2/h8,10,12-13,15,17-19H,1,4-7,9,11H2,2-3H3/t15?,17-,18-,19-,20+,21-/m0/s1. The number of rotatable bonds is 1. The van der Waals surface area contributed by atoms with Crippen LogP contribution in [-0.4, -0.2) is 6.29 Å². The molecule has 0 radical (unpaired) electrons. The van der Waals surface area contributed by atoms with E-state index in [4.69, 9.17) is 0 Å². The number of aldehydes is 1. The fourth-order valence-electron chi connectivity index (χ4n) is 6.35. The molecule has 118 valence electrons. The molecule has 1 unspecified atom stereocenters. The molecule has 6 atom stereocenters. The second-order valence-corrected chi connectivity index (χ2v) is 8.56. The summed E-state index contributed by atoms with van der Waals surface area (Å²) in [7, 11) is 0. The van der Waals surface area contributed by atoms with E-state index in [1.807, 2.05) is 0 Å². The number of hydrogen-bond donors (Lipinski definition) is 0. The number of allylic oxidation sites excluding steroid dienone is 5. The van der Waals surface area contributed by atoms with Crippen LogP contribution in [0.5, 0.6) is 0 Å². The highest BCUT2D eigenvalue weighted by Gasteiger charge is 2.56. The summed E-state index contributed by atoms with van der Waals surface area (Å²) in [5.41, 5.74) is 3.66. The molecule has 0 aromatic carbocycles. The fourth-order valence-corrected chi connectivity index (χ4v) is 6.35. The van der Waals surface area contributed by atoms with Crippen LogP contribution in [0.4, 0.5) is 0 Å². The van der Waals surface area contributed by atoms with E-state index in [0.717, 1.165) is 24.0 Å². The normalized spacial score (nSPS) is 49.9. The topological polar surface area (TPSA) is 17.1 Å². The van der Waals surface area contributed by atoms with Crippen molar-refractivity contribution in [3.05, 3.63) is 36.0 Å². The Balaban J connectivity index is 1.69. The van der Waals surface area contributed by atoms with Crippen LogP contribution in [0.3, 0.4) is 0 Å². The van der Waals surface area contributed by atoms with Gasteiger partial charge in [-0.05, 0) is 61.7 Å². The second-order valence-electron chi connectivity index (χ2n) is 8.56. The first-order valence-electron chi connectivity index (χ1n) is 9.03. The molecule has 3 saturated carbocycles. The van der Waals surface area contributed by atoms with Gasteiger partial charge in [0.15, 0.2) is 0 Å². The third-order valence-corrected chi connectivity index (χ3v) is 7.82. The minimum Gasteiger partial charge on any atom is -0.302 e. The van der Waals surface area contributed by atoms with E-state index in [1.165, 1.54) is 49.7 Å². The molecular weight excluding hydrogens is 268 g/mol. The third-order valence-electron chi connectivity index (χ3n) is 7.82. The van der Waals surface area contributed by atoms with Crippen LogP contribution in [0.25, 0.3) is 0 Å². The Morgan fingerprint density at radius 3 is 2.77 bits per heavy atom. The van der Waals surface area contributed by atoms with Crippen molar-refractivity contribution < 1.29 is 4.79 Å². The minimum absolute atomic E-state index is 0.0136. The summed E-state index contributed by atoms with van der Waals surface area (Å²) in [4.78, 5) is 11.1. The lowest BCUT2D eigenvalue weighted by Crippen LogP contribution is -2.48. The summed E-state index contributed by atoms with van der Waals surface area (Å²) in [6, 6.07) is 0. The lowest BCUT2D eigenvalue weighted by atomic mass is 9.48. The maximum atomic E-state index is 11.1. The molecule has 22 heavy (non-hydrogen) atoms. The largest absolute Gasteiger partial charge is 0.302 e. The third kappa shape index (κ3) is 1.74. The van der Waals surface area contributed by atoms with Gasteiger partial charge in [-0.1, -0.05) is 49.8 Å². The van der Waals surface area contributed by atoms with Crippen LogP contribution in [0.2, 0.25) is 0 Å². The van der Waals surface area contributed by atoms with E-state index in [1.54, 1.807) is 0 Å². The fraction of sp³-hybridized carbons (Fsp3) is 0.667. The van der Waals surface area contributed by atoms with Gasteiger partial charge >= 0.3 is 0 Å². The molecule has 4 aliphatic carbocycles. The molecule has 4 aliphatic rings. The number of hydrogen-bond acceptors (Lipinski definition) is 1. The molecular formula is C21H28O. The van der Waals surface area contributed by atoms with Crippen molar-refractivity contribution in [2.75, 3.05) is 0 Å². The predicted molar refractivity (Wildman–Crippen MR) is 90.3 cm³/mol. The van der Waals surface area contributed by atoms with E-state index < -0.39 is 0 Å². The average molecular weight is 296 g/mol. The highest BCUT2D eigenvalue weighted by Crippen LogP contribution is 2.65. The van der Waals surface area contributed by atoms with E-state index in [2.05, 4.69) is 38.7 Å². The molecule has 0 heterocycles. The van der Waals surface area contributed by atoms with Gasteiger partial charge in [-0.25, -0.2) is 0 Å². The average Bonchev–Trinajstić information content (AvgIpc) is 2.82. The van der Waals surface area contributed by atoms with E-state index in [9.17, 15) is 4.79 Å². The highest BCUT2D eigenvalue weighted by atomic mass is 16.1. The summed E-state index contributed by atoms with van der Waals surface area (Å²) in [5.74, 6) is 2.46. The van der Waals surface area contributed by atoms with Crippen molar-refractivity contribution in [3.63, 3.8) is 0 Å². The quantitative estimate of drug-likeness (QED) is 0.486. The van der Waals surface area contributed by atoms with Gasteiger partial charge in [-0.15, -0.1) is 0 Å². The number of carbonyl (C=O) groups is 1. The molecule has 0 spiro atoms. The molecule has 0 aromatic heterocycles. The van der Waals surface area contributed by atoms with Gasteiger partial charge in [0.05, 0.1) is 5.92 Å².